The summed E-state index contributed by atoms with van der Waals surface area (Å²) in [5.41, 5.74) is 10.9. The Morgan fingerprint density at radius 2 is 1.70 bits per heavy atom. The molecule has 248 valence electrons. The van der Waals surface area contributed by atoms with Crippen LogP contribution in [0.1, 0.15) is 12.5 Å². The molecule has 23 nitrogen and oxygen atoms in total. The summed E-state index contributed by atoms with van der Waals surface area (Å²) >= 11 is 0. The smallest absolute Gasteiger partial charge is 0.394 e. The van der Waals surface area contributed by atoms with Gasteiger partial charge >= 0.3 is 15.9 Å². The molecular formula is C21H27N10O13P2+. The van der Waals surface area contributed by atoms with Gasteiger partial charge in [0.25, 0.3) is 11.9 Å². The molecule has 0 bridgehead atoms. The van der Waals surface area contributed by atoms with E-state index in [0.717, 1.165) is 17.2 Å². The number of fused-ring (bicyclic) bond motifs is 2. The largest absolute Gasteiger partial charge is 0.534 e. The highest BCUT2D eigenvalue weighted by Crippen LogP contribution is 2.50. The van der Waals surface area contributed by atoms with Crippen molar-refractivity contribution in [1.82, 2.24) is 39.0 Å². The van der Waals surface area contributed by atoms with Crippen LogP contribution in [0, 0.1) is 0 Å². The Balaban J connectivity index is 1.22. The third-order valence-corrected chi connectivity index (χ3v) is 8.58. The van der Waals surface area contributed by atoms with Gasteiger partial charge in [-0.3, -0.25) is 28.0 Å². The van der Waals surface area contributed by atoms with Crippen molar-refractivity contribution < 1.29 is 57.5 Å². The number of phosphoric ester groups is 1. The molecule has 46 heavy (non-hydrogen) atoms. The van der Waals surface area contributed by atoms with Crippen LogP contribution < -0.4 is 17.0 Å². The van der Waals surface area contributed by atoms with Crippen LogP contribution in [0.25, 0.3) is 22.3 Å². The first kappa shape index (κ1) is 32.4. The van der Waals surface area contributed by atoms with Crippen molar-refractivity contribution in [2.75, 3.05) is 31.0 Å². The van der Waals surface area contributed by atoms with Gasteiger partial charge in [-0.25, -0.2) is 24.5 Å². The number of hydrogen-bond acceptors (Lipinski definition) is 18. The van der Waals surface area contributed by atoms with Gasteiger partial charge in [0.05, 0.1) is 25.9 Å². The van der Waals surface area contributed by atoms with E-state index in [0.29, 0.717) is 0 Å². The zero-order chi connectivity index (χ0) is 32.9. The minimum absolute atomic E-state index is 0.0501. The van der Waals surface area contributed by atoms with E-state index >= 15 is 0 Å². The first-order valence-electron chi connectivity index (χ1n) is 13.2. The third-order valence-electron chi connectivity index (χ3n) is 7.22. The van der Waals surface area contributed by atoms with Gasteiger partial charge in [-0.05, 0) is 4.57 Å². The standard InChI is InChI=1S/C21H26N10O13P2/c22-15-9-16(25-3-24-15)30(4-26-9)19-12(34)13(40-6-45(36)37)8(43-19)2-41-46(38,39)44-14-11(33)7(1-32)42-20(14)31-5-27-10-17(31)28-21(23)29-18(10)35/h3-5,7-8,11-14,19-20,32-34H,1-2,6H2,(H6-,22,23,24,25,28,29,35,36,37,38,39)/p+1/t7-,8-,11+,12?,13?,14?,19-,20-/m1/s1. The lowest BCUT2D eigenvalue weighted by atomic mass is 10.1. The van der Waals surface area contributed by atoms with Crippen molar-refractivity contribution in [1.29, 1.82) is 0 Å². The SMILES string of the molecule is Nc1nc2c(ncn2[C@@H]2O[C@H](CO)[C@H](O)C2OP(=O)(O)OC[C@H]2O[C@@H](n3cnc4c(N)ncnc43)C(O)C2OC[P+](=O)O)c(=O)[nH]1. The molecule has 2 aliphatic rings. The van der Waals surface area contributed by atoms with Crippen LogP contribution in [0.4, 0.5) is 11.8 Å². The predicted octanol–water partition coefficient (Wildman–Crippen LogP) is -2.79. The summed E-state index contributed by atoms with van der Waals surface area (Å²) < 4.78 is 54.3. The summed E-state index contributed by atoms with van der Waals surface area (Å²) in [7, 11) is -7.95. The summed E-state index contributed by atoms with van der Waals surface area (Å²) in [6.07, 6.45) is -8.85. The summed E-state index contributed by atoms with van der Waals surface area (Å²) in [6, 6.07) is 0. The maximum Gasteiger partial charge on any atom is 0.534 e. The molecule has 5 unspecified atom stereocenters. The van der Waals surface area contributed by atoms with E-state index in [9.17, 15) is 39.0 Å². The van der Waals surface area contributed by atoms with Gasteiger partial charge in [-0.2, -0.15) is 9.88 Å². The van der Waals surface area contributed by atoms with Crippen molar-refractivity contribution in [3.05, 3.63) is 29.3 Å². The average Bonchev–Trinajstić information content (AvgIpc) is 3.76. The topological polar surface area (TPSA) is 341 Å². The fourth-order valence-corrected chi connectivity index (χ4v) is 6.42. The third kappa shape index (κ3) is 5.99. The van der Waals surface area contributed by atoms with E-state index in [1.807, 2.05) is 0 Å². The van der Waals surface area contributed by atoms with Crippen LogP contribution in [-0.2, 0) is 32.4 Å². The van der Waals surface area contributed by atoms with Gasteiger partial charge in [0.15, 0.2) is 35.1 Å². The highest BCUT2D eigenvalue weighted by molar-refractivity contribution is 7.47. The number of anilines is 2. The molecular weight excluding hydrogens is 662 g/mol. The molecule has 0 saturated carbocycles. The second-order valence-corrected chi connectivity index (χ2v) is 12.5. The fraction of sp³-hybridized carbons (Fsp3) is 0.524. The van der Waals surface area contributed by atoms with E-state index < -0.39 is 90.1 Å². The lowest BCUT2D eigenvalue weighted by molar-refractivity contribution is -0.0649. The highest BCUT2D eigenvalue weighted by atomic mass is 31.2. The summed E-state index contributed by atoms with van der Waals surface area (Å²) in [5, 5.41) is 31.6. The Kier molecular flexibility index (Phi) is 8.84. The summed E-state index contributed by atoms with van der Waals surface area (Å²) in [4.78, 5) is 54.5. The molecule has 0 aromatic carbocycles. The number of imidazole rings is 2. The van der Waals surface area contributed by atoms with E-state index in [4.69, 9.17) is 34.7 Å². The van der Waals surface area contributed by atoms with E-state index in [-0.39, 0.29) is 34.1 Å². The molecule has 2 aliphatic heterocycles. The molecule has 0 spiro atoms. The molecule has 0 amide bonds. The van der Waals surface area contributed by atoms with Crippen molar-refractivity contribution >= 4 is 49.9 Å². The first-order valence-corrected chi connectivity index (χ1v) is 16.1. The zero-order valence-corrected chi connectivity index (χ0v) is 24.9. The lowest BCUT2D eigenvalue weighted by Gasteiger charge is -2.25. The van der Waals surface area contributed by atoms with Crippen LogP contribution in [0.2, 0.25) is 0 Å². The number of H-pyrrole nitrogens is 1. The van der Waals surface area contributed by atoms with Crippen LogP contribution in [-0.4, -0.2) is 120 Å². The Morgan fingerprint density at radius 3 is 2.41 bits per heavy atom. The van der Waals surface area contributed by atoms with E-state index in [1.54, 1.807) is 0 Å². The summed E-state index contributed by atoms with van der Waals surface area (Å²) in [5.74, 6) is -0.224. The molecule has 4 aromatic heterocycles. The molecule has 10 N–H and O–H groups in total. The number of nitrogen functional groups attached to an aromatic ring is 2. The number of ether oxygens (including phenoxy) is 3. The van der Waals surface area contributed by atoms with Crippen LogP contribution in [0.15, 0.2) is 23.8 Å². The molecule has 25 heteroatoms. The van der Waals surface area contributed by atoms with Crippen molar-refractivity contribution in [2.24, 2.45) is 0 Å². The Bertz CT molecular complexity index is 1870. The normalized spacial score (nSPS) is 29.9. The van der Waals surface area contributed by atoms with Crippen LogP contribution >= 0.6 is 15.9 Å². The number of phosphoric acid groups is 1. The minimum Gasteiger partial charge on any atom is -0.394 e. The number of nitrogens with two attached hydrogens (primary N) is 2. The van der Waals surface area contributed by atoms with E-state index in [2.05, 4.69) is 29.9 Å². The Labute approximate surface area is 256 Å². The zero-order valence-electron chi connectivity index (χ0n) is 23.2. The minimum atomic E-state index is -5.15. The second kappa shape index (κ2) is 12.6. The number of nitrogens with one attached hydrogen (secondary N) is 1. The number of aliphatic hydroxyl groups is 3. The van der Waals surface area contributed by atoms with Crippen molar-refractivity contribution in [3.8, 4) is 0 Å². The van der Waals surface area contributed by atoms with Crippen molar-refractivity contribution in [3.63, 3.8) is 0 Å². The molecule has 2 fully saturated rings. The first-order chi connectivity index (χ1) is 21.9. The summed E-state index contributed by atoms with van der Waals surface area (Å²) in [6.45, 7) is -1.51. The molecule has 4 aromatic rings. The van der Waals surface area contributed by atoms with Crippen LogP contribution in [0.3, 0.4) is 0 Å². The van der Waals surface area contributed by atoms with Gasteiger partial charge in [-0.15, -0.1) is 0 Å². The average molecular weight is 689 g/mol. The van der Waals surface area contributed by atoms with Gasteiger partial charge < -0.3 is 45.9 Å². The highest BCUT2D eigenvalue weighted by Gasteiger charge is 2.51. The maximum atomic E-state index is 13.2. The quantitative estimate of drug-likeness (QED) is 0.0738. The molecule has 2 saturated heterocycles. The number of nitrogens with zero attached hydrogens (tertiary/aromatic N) is 7. The Morgan fingerprint density at radius 1 is 1.00 bits per heavy atom. The van der Waals surface area contributed by atoms with Gasteiger partial charge in [0.2, 0.25) is 5.95 Å². The van der Waals surface area contributed by atoms with Crippen LogP contribution in [0.5, 0.6) is 0 Å². The lowest BCUT2D eigenvalue weighted by Crippen LogP contribution is -2.37. The Hall–Kier alpha value is -3.57. The van der Waals surface area contributed by atoms with Gasteiger partial charge in [0.1, 0.15) is 48.5 Å². The van der Waals surface area contributed by atoms with Crippen molar-refractivity contribution in [2.45, 2.75) is 49.1 Å². The number of rotatable bonds is 11. The molecule has 10 atom stereocenters. The number of aromatic amines is 1. The second-order valence-electron chi connectivity index (χ2n) is 10.1. The molecule has 0 radical (unpaired) electrons. The number of aromatic nitrogens is 8. The maximum absolute atomic E-state index is 13.2. The number of hydrogen-bond donors (Lipinski definition) is 8. The molecule has 0 aliphatic carbocycles. The molecule has 6 heterocycles. The van der Waals surface area contributed by atoms with Gasteiger partial charge in [0, 0.05) is 0 Å². The fourth-order valence-electron chi connectivity index (χ4n) is 5.18. The predicted molar refractivity (Wildman–Crippen MR) is 149 cm³/mol. The monoisotopic (exact) mass is 689 g/mol. The molecule has 6 rings (SSSR count). The van der Waals surface area contributed by atoms with E-state index in [1.165, 1.54) is 10.9 Å². The number of aliphatic hydroxyl groups excluding tert-OH is 3. The van der Waals surface area contributed by atoms with Gasteiger partial charge in [-0.1, -0.05) is 0 Å².